The van der Waals surface area contributed by atoms with Gasteiger partial charge in [-0.15, -0.1) is 11.3 Å². The topological polar surface area (TPSA) is 74.7 Å². The van der Waals surface area contributed by atoms with Gasteiger partial charge in [0.2, 0.25) is 5.91 Å². The van der Waals surface area contributed by atoms with Crippen LogP contribution >= 0.6 is 11.3 Å². The molecule has 1 aromatic heterocycles. The van der Waals surface area contributed by atoms with Crippen molar-refractivity contribution >= 4 is 17.2 Å². The maximum Gasteiger partial charge on any atom is 0.235 e. The minimum atomic E-state index is -0.300. The van der Waals surface area contributed by atoms with E-state index in [4.69, 9.17) is 4.74 Å². The van der Waals surface area contributed by atoms with Gasteiger partial charge in [0.25, 0.3) is 0 Å². The highest BCUT2D eigenvalue weighted by atomic mass is 32.1. The van der Waals surface area contributed by atoms with Crippen LogP contribution in [0.2, 0.25) is 0 Å². The van der Waals surface area contributed by atoms with Crippen molar-refractivity contribution in [1.29, 1.82) is 0 Å². The Balaban J connectivity index is 1.70. The lowest BCUT2D eigenvalue weighted by atomic mass is 10.1. The summed E-state index contributed by atoms with van der Waals surface area (Å²) in [5.74, 6) is 0.614. The third-order valence-electron chi connectivity index (χ3n) is 4.74. The van der Waals surface area contributed by atoms with Gasteiger partial charge in [0.15, 0.2) is 0 Å². The maximum absolute atomic E-state index is 12.8. The van der Waals surface area contributed by atoms with Crippen LogP contribution in [0.1, 0.15) is 28.2 Å². The molecule has 2 atom stereocenters. The minimum Gasteiger partial charge on any atom is -0.497 e. The molecular weight excluding hydrogens is 386 g/mol. The Morgan fingerprint density at radius 1 is 1.17 bits per heavy atom. The van der Waals surface area contributed by atoms with Crippen molar-refractivity contribution in [2.24, 2.45) is 0 Å². The van der Waals surface area contributed by atoms with Crippen LogP contribution in [-0.4, -0.2) is 48.2 Å². The summed E-state index contributed by atoms with van der Waals surface area (Å²) < 4.78 is 5.18. The van der Waals surface area contributed by atoms with Gasteiger partial charge >= 0.3 is 0 Å². The zero-order valence-corrected chi connectivity index (χ0v) is 17.3. The van der Waals surface area contributed by atoms with E-state index in [1.54, 1.807) is 13.3 Å². The monoisotopic (exact) mass is 411 g/mol. The van der Waals surface area contributed by atoms with E-state index in [1.165, 1.54) is 11.3 Å². The Hall–Kier alpha value is -2.74. The van der Waals surface area contributed by atoms with Crippen LogP contribution in [0.25, 0.3) is 0 Å². The molecule has 2 N–H and O–H groups in total. The van der Waals surface area contributed by atoms with Crippen LogP contribution in [0.5, 0.6) is 5.75 Å². The highest BCUT2D eigenvalue weighted by Gasteiger charge is 2.23. The summed E-state index contributed by atoms with van der Waals surface area (Å²) in [6.45, 7) is 0.0522. The Bertz CT molecular complexity index is 885. The molecule has 3 rings (SSSR count). The predicted molar refractivity (Wildman–Crippen MR) is 114 cm³/mol. The summed E-state index contributed by atoms with van der Waals surface area (Å²) in [6.07, 6.45) is 1.74. The molecule has 3 aromatic rings. The normalized spacial score (nSPS) is 13.1. The molecule has 0 saturated carbocycles. The van der Waals surface area contributed by atoms with E-state index in [0.717, 1.165) is 21.9 Å². The number of carbonyl (C=O) groups excluding carboxylic acids is 1. The van der Waals surface area contributed by atoms with E-state index in [9.17, 15) is 9.90 Å². The number of rotatable bonds is 9. The van der Waals surface area contributed by atoms with Crippen molar-refractivity contribution in [3.63, 3.8) is 0 Å². The lowest BCUT2D eigenvalue weighted by Crippen LogP contribution is -2.40. The Labute approximate surface area is 174 Å². The number of amides is 1. The SMILES string of the molecule is COc1ccc(C(CO)N(C)CC(=O)NC(c2ccccc2)c2nccs2)cc1. The van der Waals surface area contributed by atoms with E-state index in [0.29, 0.717) is 0 Å². The number of hydrogen-bond acceptors (Lipinski definition) is 6. The van der Waals surface area contributed by atoms with Gasteiger partial charge in [0.05, 0.1) is 26.3 Å². The first-order valence-electron chi connectivity index (χ1n) is 9.31. The van der Waals surface area contributed by atoms with Gasteiger partial charge < -0.3 is 15.2 Å². The van der Waals surface area contributed by atoms with Gasteiger partial charge in [-0.3, -0.25) is 9.69 Å². The zero-order valence-electron chi connectivity index (χ0n) is 16.5. The molecule has 2 unspecified atom stereocenters. The number of likely N-dealkylation sites (N-methyl/N-ethyl adjacent to an activating group) is 1. The van der Waals surface area contributed by atoms with E-state index in [2.05, 4.69) is 10.3 Å². The number of ether oxygens (including phenoxy) is 1. The molecular formula is C22H25N3O3S. The number of nitrogens with zero attached hydrogens (tertiary/aromatic N) is 2. The molecule has 0 aliphatic carbocycles. The van der Waals surface area contributed by atoms with Crippen LogP contribution in [0.3, 0.4) is 0 Å². The van der Waals surface area contributed by atoms with Crippen molar-refractivity contribution in [2.45, 2.75) is 12.1 Å². The number of hydrogen-bond donors (Lipinski definition) is 2. The Morgan fingerprint density at radius 2 is 1.90 bits per heavy atom. The molecule has 1 amide bonds. The number of aliphatic hydroxyl groups is 1. The van der Waals surface area contributed by atoms with E-state index in [-0.39, 0.29) is 31.1 Å². The first-order chi connectivity index (χ1) is 14.1. The van der Waals surface area contributed by atoms with Crippen LogP contribution < -0.4 is 10.1 Å². The standard InChI is InChI=1S/C22H25N3O3S/c1-25(19(15-26)16-8-10-18(28-2)11-9-16)14-20(27)24-21(22-23-12-13-29-22)17-6-4-3-5-7-17/h3-13,19,21,26H,14-15H2,1-2H3,(H,24,27). The van der Waals surface area contributed by atoms with Gasteiger partial charge in [0, 0.05) is 11.6 Å². The van der Waals surface area contributed by atoms with Crippen LogP contribution in [-0.2, 0) is 4.79 Å². The van der Waals surface area contributed by atoms with E-state index >= 15 is 0 Å². The number of thiazole rings is 1. The van der Waals surface area contributed by atoms with E-state index < -0.39 is 0 Å². The van der Waals surface area contributed by atoms with Gasteiger partial charge in [-0.25, -0.2) is 4.98 Å². The summed E-state index contributed by atoms with van der Waals surface area (Å²) >= 11 is 1.51. The fraction of sp³-hybridized carbons (Fsp3) is 0.273. The molecule has 0 radical (unpaired) electrons. The van der Waals surface area contributed by atoms with Crippen molar-refractivity contribution in [3.8, 4) is 5.75 Å². The summed E-state index contributed by atoms with van der Waals surface area (Å²) in [5.41, 5.74) is 1.90. The summed E-state index contributed by atoms with van der Waals surface area (Å²) in [4.78, 5) is 19.0. The Kier molecular flexibility index (Phi) is 7.35. The third-order valence-corrected chi connectivity index (χ3v) is 5.58. The smallest absolute Gasteiger partial charge is 0.235 e. The molecule has 1 heterocycles. The number of methoxy groups -OCH3 is 1. The lowest BCUT2D eigenvalue weighted by molar-refractivity contribution is -0.123. The molecule has 0 saturated heterocycles. The second-order valence-electron chi connectivity index (χ2n) is 6.67. The van der Waals surface area contributed by atoms with Gasteiger partial charge in [0.1, 0.15) is 16.8 Å². The number of aromatic nitrogens is 1. The van der Waals surface area contributed by atoms with Crippen molar-refractivity contribution in [1.82, 2.24) is 15.2 Å². The second-order valence-corrected chi connectivity index (χ2v) is 7.59. The van der Waals surface area contributed by atoms with Gasteiger partial charge in [-0.2, -0.15) is 0 Å². The highest BCUT2D eigenvalue weighted by molar-refractivity contribution is 7.09. The molecule has 6 nitrogen and oxygen atoms in total. The highest BCUT2D eigenvalue weighted by Crippen LogP contribution is 2.25. The fourth-order valence-corrected chi connectivity index (χ4v) is 3.89. The summed E-state index contributed by atoms with van der Waals surface area (Å²) in [6, 6.07) is 16.7. The number of benzene rings is 2. The number of aliphatic hydroxyl groups excluding tert-OH is 1. The Morgan fingerprint density at radius 3 is 2.48 bits per heavy atom. The summed E-state index contributed by atoms with van der Waals surface area (Å²) in [7, 11) is 3.44. The molecule has 29 heavy (non-hydrogen) atoms. The van der Waals surface area contributed by atoms with E-state index in [1.807, 2.05) is 71.9 Å². The third kappa shape index (κ3) is 5.41. The predicted octanol–water partition coefficient (Wildman–Crippen LogP) is 3.02. The average Bonchev–Trinajstić information content (AvgIpc) is 3.28. The first kappa shape index (κ1) is 21.0. The second kappa shape index (κ2) is 10.2. The zero-order chi connectivity index (χ0) is 20.6. The molecule has 7 heteroatoms. The van der Waals surface area contributed by atoms with Crippen LogP contribution in [0.15, 0.2) is 66.2 Å². The molecule has 0 bridgehead atoms. The molecule has 0 spiro atoms. The number of carbonyl (C=O) groups is 1. The van der Waals surface area contributed by atoms with Crippen LogP contribution in [0.4, 0.5) is 0 Å². The molecule has 2 aromatic carbocycles. The molecule has 152 valence electrons. The minimum absolute atomic E-state index is 0.0926. The quantitative estimate of drug-likeness (QED) is 0.566. The molecule has 0 aliphatic rings. The average molecular weight is 412 g/mol. The summed E-state index contributed by atoms with van der Waals surface area (Å²) in [5, 5.41) is 15.7. The first-order valence-corrected chi connectivity index (χ1v) is 10.2. The maximum atomic E-state index is 12.8. The lowest BCUT2D eigenvalue weighted by Gasteiger charge is -2.27. The molecule has 0 fully saturated rings. The van der Waals surface area contributed by atoms with Crippen molar-refractivity contribution in [3.05, 3.63) is 82.3 Å². The van der Waals surface area contributed by atoms with Gasteiger partial charge in [-0.05, 0) is 30.3 Å². The number of nitrogens with one attached hydrogen (secondary N) is 1. The molecule has 0 aliphatic heterocycles. The van der Waals surface area contributed by atoms with Crippen molar-refractivity contribution < 1.29 is 14.6 Å². The van der Waals surface area contributed by atoms with Crippen LogP contribution in [0, 0.1) is 0 Å². The van der Waals surface area contributed by atoms with Gasteiger partial charge in [-0.1, -0.05) is 42.5 Å². The van der Waals surface area contributed by atoms with Crippen molar-refractivity contribution in [2.75, 3.05) is 27.3 Å². The fourth-order valence-electron chi connectivity index (χ4n) is 3.18. The largest absolute Gasteiger partial charge is 0.497 e.